The van der Waals surface area contributed by atoms with E-state index in [9.17, 15) is 9.59 Å². The molecule has 2 heterocycles. The summed E-state index contributed by atoms with van der Waals surface area (Å²) < 4.78 is 3.27. The van der Waals surface area contributed by atoms with Crippen molar-refractivity contribution in [3.8, 4) is 0 Å². The molecule has 0 radical (unpaired) electrons. The first-order chi connectivity index (χ1) is 12.5. The van der Waals surface area contributed by atoms with E-state index in [0.717, 1.165) is 11.4 Å². The van der Waals surface area contributed by atoms with Gasteiger partial charge in [0.2, 0.25) is 0 Å². The highest BCUT2D eigenvalue weighted by atomic mass is 16.1. The van der Waals surface area contributed by atoms with Gasteiger partial charge < -0.3 is 5.32 Å². The first kappa shape index (κ1) is 18.0. The quantitative estimate of drug-likeness (QED) is 0.721. The summed E-state index contributed by atoms with van der Waals surface area (Å²) >= 11 is 0. The van der Waals surface area contributed by atoms with Gasteiger partial charge in [-0.3, -0.25) is 13.9 Å². The molecule has 3 rings (SSSR count). The average molecular weight is 353 g/mol. The van der Waals surface area contributed by atoms with Crippen molar-refractivity contribution in [2.45, 2.75) is 39.9 Å². The van der Waals surface area contributed by atoms with E-state index >= 15 is 0 Å². The number of nitrogens with zero attached hydrogens (tertiary/aromatic N) is 4. The monoisotopic (exact) mass is 353 g/mol. The Morgan fingerprint density at radius 3 is 2.73 bits per heavy atom. The van der Waals surface area contributed by atoms with Crippen molar-refractivity contribution in [2.24, 2.45) is 0 Å². The average Bonchev–Trinajstić information content (AvgIpc) is 2.60. The Labute approximate surface area is 151 Å². The Hall–Kier alpha value is -2.80. The molecule has 7 heteroatoms. The van der Waals surface area contributed by atoms with E-state index in [2.05, 4.69) is 15.3 Å². The molecule has 136 valence electrons. The van der Waals surface area contributed by atoms with E-state index in [1.807, 2.05) is 45.0 Å². The second-order valence-corrected chi connectivity index (χ2v) is 6.55. The van der Waals surface area contributed by atoms with Crippen LogP contribution in [-0.4, -0.2) is 31.7 Å². The molecule has 3 aromatic rings. The van der Waals surface area contributed by atoms with Crippen LogP contribution in [0.4, 0.5) is 0 Å². The summed E-state index contributed by atoms with van der Waals surface area (Å²) in [7, 11) is 0. The van der Waals surface area contributed by atoms with Crippen LogP contribution in [0.15, 0.2) is 46.2 Å². The topological polar surface area (TPSA) is 81.8 Å². The first-order valence-corrected chi connectivity index (χ1v) is 8.68. The van der Waals surface area contributed by atoms with E-state index in [1.165, 1.54) is 0 Å². The Kier molecular flexibility index (Phi) is 5.27. The van der Waals surface area contributed by atoms with Gasteiger partial charge in [0, 0.05) is 37.1 Å². The zero-order chi connectivity index (χ0) is 18.7. The van der Waals surface area contributed by atoms with Crippen LogP contribution in [0.5, 0.6) is 0 Å². The number of nitrogens with one attached hydrogen (secondary N) is 1. The summed E-state index contributed by atoms with van der Waals surface area (Å²) in [5.41, 5.74) is 2.06. The first-order valence-electron chi connectivity index (χ1n) is 8.68. The lowest BCUT2D eigenvalue weighted by molar-refractivity contribution is 0.447. The predicted octanol–water partition coefficient (Wildman–Crippen LogP) is 1.25. The van der Waals surface area contributed by atoms with Crippen molar-refractivity contribution < 1.29 is 0 Å². The molecule has 0 amide bonds. The van der Waals surface area contributed by atoms with Crippen molar-refractivity contribution >= 4 is 10.9 Å². The molecule has 0 fully saturated rings. The molecule has 0 aliphatic carbocycles. The van der Waals surface area contributed by atoms with Gasteiger partial charge in [0.25, 0.3) is 5.56 Å². The maximum atomic E-state index is 12.5. The van der Waals surface area contributed by atoms with E-state index in [4.69, 9.17) is 0 Å². The fourth-order valence-electron chi connectivity index (χ4n) is 3.07. The smallest absolute Gasteiger partial charge is 0.311 e. The maximum Gasteiger partial charge on any atom is 0.347 e. The SMILES string of the molecule is Cc1cc(C)n(CCN[C@@H](C)Cn2cnc3ccccc3c2=O)c(=O)n1. The molecule has 1 aromatic carbocycles. The third-order valence-electron chi connectivity index (χ3n) is 4.38. The fourth-order valence-corrected chi connectivity index (χ4v) is 3.07. The summed E-state index contributed by atoms with van der Waals surface area (Å²) in [6.07, 6.45) is 1.58. The largest absolute Gasteiger partial charge is 0.347 e. The third-order valence-corrected chi connectivity index (χ3v) is 4.38. The molecule has 0 saturated carbocycles. The second kappa shape index (κ2) is 7.61. The van der Waals surface area contributed by atoms with Crippen molar-refractivity contribution in [3.63, 3.8) is 0 Å². The van der Waals surface area contributed by atoms with E-state index in [1.54, 1.807) is 21.5 Å². The van der Waals surface area contributed by atoms with E-state index in [-0.39, 0.29) is 17.3 Å². The van der Waals surface area contributed by atoms with Crippen molar-refractivity contribution in [2.75, 3.05) is 6.54 Å². The van der Waals surface area contributed by atoms with Gasteiger partial charge >= 0.3 is 5.69 Å². The van der Waals surface area contributed by atoms with Crippen LogP contribution in [0.3, 0.4) is 0 Å². The van der Waals surface area contributed by atoms with Crippen molar-refractivity contribution in [1.29, 1.82) is 0 Å². The van der Waals surface area contributed by atoms with Gasteiger partial charge in [-0.15, -0.1) is 0 Å². The highest BCUT2D eigenvalue weighted by molar-refractivity contribution is 5.76. The van der Waals surface area contributed by atoms with Crippen LogP contribution in [0.25, 0.3) is 10.9 Å². The summed E-state index contributed by atoms with van der Waals surface area (Å²) in [5.74, 6) is 0. The van der Waals surface area contributed by atoms with Crippen molar-refractivity contribution in [3.05, 3.63) is 68.9 Å². The molecule has 7 nitrogen and oxygen atoms in total. The number of rotatable bonds is 6. The van der Waals surface area contributed by atoms with Crippen LogP contribution in [-0.2, 0) is 13.1 Å². The van der Waals surface area contributed by atoms with Crippen LogP contribution in [0, 0.1) is 13.8 Å². The lowest BCUT2D eigenvalue weighted by Crippen LogP contribution is -2.38. The summed E-state index contributed by atoms with van der Waals surface area (Å²) in [5, 5.41) is 3.97. The van der Waals surface area contributed by atoms with Gasteiger partial charge in [-0.1, -0.05) is 12.1 Å². The van der Waals surface area contributed by atoms with Gasteiger partial charge in [0.1, 0.15) is 0 Å². The number of aromatic nitrogens is 4. The number of hydrogen-bond acceptors (Lipinski definition) is 5. The van der Waals surface area contributed by atoms with E-state index in [0.29, 0.717) is 30.5 Å². The molecular weight excluding hydrogens is 330 g/mol. The van der Waals surface area contributed by atoms with E-state index < -0.39 is 0 Å². The number of fused-ring (bicyclic) bond motifs is 1. The van der Waals surface area contributed by atoms with Gasteiger partial charge in [-0.25, -0.2) is 9.78 Å². The molecule has 2 aromatic heterocycles. The van der Waals surface area contributed by atoms with Gasteiger partial charge in [0.05, 0.1) is 17.2 Å². The number of hydrogen-bond donors (Lipinski definition) is 1. The summed E-state index contributed by atoms with van der Waals surface area (Å²) in [6.45, 7) is 7.38. The lowest BCUT2D eigenvalue weighted by Gasteiger charge is -2.16. The Morgan fingerprint density at radius 1 is 1.19 bits per heavy atom. The number of benzene rings is 1. The Bertz CT molecular complexity index is 1040. The molecule has 1 atom stereocenters. The highest BCUT2D eigenvalue weighted by Crippen LogP contribution is 2.05. The molecule has 0 spiro atoms. The van der Waals surface area contributed by atoms with Crippen LogP contribution < -0.4 is 16.6 Å². The van der Waals surface area contributed by atoms with Gasteiger partial charge in [-0.05, 0) is 39.0 Å². The Morgan fingerprint density at radius 2 is 1.96 bits per heavy atom. The Balaban J connectivity index is 1.63. The van der Waals surface area contributed by atoms with Gasteiger partial charge in [-0.2, -0.15) is 4.98 Å². The molecule has 0 saturated heterocycles. The zero-order valence-corrected chi connectivity index (χ0v) is 15.3. The molecule has 0 bridgehead atoms. The molecule has 0 aliphatic rings. The predicted molar refractivity (Wildman–Crippen MR) is 101 cm³/mol. The second-order valence-electron chi connectivity index (χ2n) is 6.55. The molecular formula is C19H23N5O2. The third kappa shape index (κ3) is 3.88. The fraction of sp³-hybridized carbons (Fsp3) is 0.368. The minimum atomic E-state index is -0.230. The lowest BCUT2D eigenvalue weighted by atomic mass is 10.2. The molecule has 26 heavy (non-hydrogen) atoms. The molecule has 0 aliphatic heterocycles. The van der Waals surface area contributed by atoms with Crippen LogP contribution >= 0.6 is 0 Å². The highest BCUT2D eigenvalue weighted by Gasteiger charge is 2.08. The van der Waals surface area contributed by atoms with Crippen LogP contribution in [0.2, 0.25) is 0 Å². The molecule has 0 unspecified atom stereocenters. The van der Waals surface area contributed by atoms with Crippen LogP contribution in [0.1, 0.15) is 18.3 Å². The van der Waals surface area contributed by atoms with Crippen molar-refractivity contribution in [1.82, 2.24) is 24.4 Å². The normalized spacial score (nSPS) is 12.4. The summed E-state index contributed by atoms with van der Waals surface area (Å²) in [4.78, 5) is 32.8. The zero-order valence-electron chi connectivity index (χ0n) is 15.3. The number of aryl methyl sites for hydroxylation is 2. The maximum absolute atomic E-state index is 12.5. The minimum Gasteiger partial charge on any atom is -0.311 e. The number of para-hydroxylation sites is 1. The van der Waals surface area contributed by atoms with Gasteiger partial charge in [0.15, 0.2) is 0 Å². The minimum absolute atomic E-state index is 0.0425. The standard InChI is InChI=1S/C19H23N5O2/c1-13-10-15(3)24(19(26)22-13)9-8-20-14(2)11-23-12-21-17-7-5-4-6-16(17)18(23)25/h4-7,10,12,14,20H,8-9,11H2,1-3H3/t14-/m0/s1. The summed E-state index contributed by atoms with van der Waals surface area (Å²) in [6, 6.07) is 9.29. The molecule has 1 N–H and O–H groups in total.